The lowest BCUT2D eigenvalue weighted by Crippen LogP contribution is -2.10. The molecule has 0 bridgehead atoms. The van der Waals surface area contributed by atoms with E-state index in [1.165, 1.54) is 0 Å². The van der Waals surface area contributed by atoms with Crippen LogP contribution in [-0.2, 0) is 0 Å². The van der Waals surface area contributed by atoms with Crippen LogP contribution >= 0.6 is 47.8 Å². The van der Waals surface area contributed by atoms with Gasteiger partial charge in [-0.2, -0.15) is 0 Å². The fourth-order valence-electron chi connectivity index (χ4n) is 1.76. The highest BCUT2D eigenvalue weighted by molar-refractivity contribution is 9.11. The molecule has 6 heteroatoms. The van der Waals surface area contributed by atoms with Crippen molar-refractivity contribution in [2.75, 3.05) is 7.11 Å². The molecule has 0 saturated carbocycles. The number of carbonyl (C=O) groups excluding carboxylic acids is 1. The lowest BCUT2D eigenvalue weighted by Gasteiger charge is -2.11. The largest absolute Gasteiger partial charge is 0.496 e. The molecule has 110 valence electrons. The molecule has 3 nitrogen and oxygen atoms in total. The van der Waals surface area contributed by atoms with Gasteiger partial charge >= 0.3 is 5.97 Å². The molecule has 0 aromatic heterocycles. The Labute approximate surface area is 148 Å². The van der Waals surface area contributed by atoms with Crippen molar-refractivity contribution in [2.45, 2.75) is 6.92 Å². The molecule has 0 fully saturated rings. The SMILES string of the molecule is COc1ccc(C(=O)Oc2c(C)cc(Br)cc2Br)cc1Br. The molecule has 0 aliphatic carbocycles. The van der Waals surface area contributed by atoms with E-state index in [2.05, 4.69) is 47.8 Å². The van der Waals surface area contributed by atoms with E-state index in [0.29, 0.717) is 21.5 Å². The Morgan fingerprint density at radius 1 is 1.05 bits per heavy atom. The summed E-state index contributed by atoms with van der Waals surface area (Å²) in [6.07, 6.45) is 0. The lowest BCUT2D eigenvalue weighted by atomic mass is 10.2. The van der Waals surface area contributed by atoms with Crippen molar-refractivity contribution < 1.29 is 14.3 Å². The van der Waals surface area contributed by atoms with Crippen molar-refractivity contribution in [1.29, 1.82) is 0 Å². The number of ether oxygens (including phenoxy) is 2. The topological polar surface area (TPSA) is 35.5 Å². The van der Waals surface area contributed by atoms with Gasteiger partial charge in [0.2, 0.25) is 0 Å². The van der Waals surface area contributed by atoms with Gasteiger partial charge in [0.15, 0.2) is 0 Å². The van der Waals surface area contributed by atoms with Crippen molar-refractivity contribution in [3.63, 3.8) is 0 Å². The molecule has 0 radical (unpaired) electrons. The average molecular weight is 479 g/mol. The first-order valence-electron chi connectivity index (χ1n) is 5.93. The van der Waals surface area contributed by atoms with Gasteiger partial charge in [-0.05, 0) is 74.7 Å². The zero-order chi connectivity index (χ0) is 15.6. The highest BCUT2D eigenvalue weighted by Crippen LogP contribution is 2.33. The number of esters is 1. The zero-order valence-corrected chi connectivity index (χ0v) is 16.0. The predicted molar refractivity (Wildman–Crippen MR) is 92.2 cm³/mol. The monoisotopic (exact) mass is 476 g/mol. The van der Waals surface area contributed by atoms with Crippen LogP contribution in [0.25, 0.3) is 0 Å². The van der Waals surface area contributed by atoms with Crippen molar-refractivity contribution in [3.05, 3.63) is 54.9 Å². The molecule has 0 spiro atoms. The molecule has 2 aromatic carbocycles. The average Bonchev–Trinajstić information content (AvgIpc) is 2.42. The van der Waals surface area contributed by atoms with Crippen molar-refractivity contribution in [2.24, 2.45) is 0 Å². The summed E-state index contributed by atoms with van der Waals surface area (Å²) in [4.78, 5) is 12.2. The first kappa shape index (κ1) is 16.5. The zero-order valence-electron chi connectivity index (χ0n) is 11.2. The molecule has 0 saturated heterocycles. The van der Waals surface area contributed by atoms with Crippen LogP contribution in [0.3, 0.4) is 0 Å². The summed E-state index contributed by atoms with van der Waals surface area (Å²) in [6, 6.07) is 8.76. The number of hydrogen-bond acceptors (Lipinski definition) is 3. The second-order valence-corrected chi connectivity index (χ2v) is 6.90. The van der Waals surface area contributed by atoms with E-state index in [1.54, 1.807) is 25.3 Å². The van der Waals surface area contributed by atoms with Gasteiger partial charge in [-0.1, -0.05) is 15.9 Å². The molecule has 2 rings (SSSR count). The summed E-state index contributed by atoms with van der Waals surface area (Å²) in [5, 5.41) is 0. The summed E-state index contributed by atoms with van der Waals surface area (Å²) in [6.45, 7) is 1.88. The number of methoxy groups -OCH3 is 1. The summed E-state index contributed by atoms with van der Waals surface area (Å²) in [5.41, 5.74) is 1.30. The van der Waals surface area contributed by atoms with E-state index >= 15 is 0 Å². The van der Waals surface area contributed by atoms with Crippen molar-refractivity contribution in [3.8, 4) is 11.5 Å². The Balaban J connectivity index is 2.28. The molecule has 0 atom stereocenters. The van der Waals surface area contributed by atoms with E-state index < -0.39 is 5.97 Å². The van der Waals surface area contributed by atoms with Gasteiger partial charge in [0, 0.05) is 4.47 Å². The molecule has 21 heavy (non-hydrogen) atoms. The second-order valence-electron chi connectivity index (χ2n) is 4.27. The fourth-order valence-corrected chi connectivity index (χ4v) is 3.82. The molecule has 0 heterocycles. The predicted octanol–water partition coefficient (Wildman–Crippen LogP) is 5.51. The van der Waals surface area contributed by atoms with Crippen LogP contribution in [0.5, 0.6) is 11.5 Å². The highest BCUT2D eigenvalue weighted by Gasteiger charge is 2.15. The van der Waals surface area contributed by atoms with Crippen LogP contribution in [0.15, 0.2) is 43.7 Å². The molecule has 0 aliphatic heterocycles. The highest BCUT2D eigenvalue weighted by atomic mass is 79.9. The van der Waals surface area contributed by atoms with Gasteiger partial charge < -0.3 is 9.47 Å². The summed E-state index contributed by atoms with van der Waals surface area (Å²) in [7, 11) is 1.57. The number of carbonyl (C=O) groups is 1. The van der Waals surface area contributed by atoms with Crippen LogP contribution in [0.4, 0.5) is 0 Å². The van der Waals surface area contributed by atoms with Crippen molar-refractivity contribution >= 4 is 53.8 Å². The van der Waals surface area contributed by atoms with Crippen LogP contribution in [0, 0.1) is 6.92 Å². The Hall–Kier alpha value is -0.850. The van der Waals surface area contributed by atoms with Crippen LogP contribution in [-0.4, -0.2) is 13.1 Å². The molecular weight excluding hydrogens is 468 g/mol. The molecule has 2 aromatic rings. The van der Waals surface area contributed by atoms with E-state index in [1.807, 2.05) is 19.1 Å². The molecule has 0 unspecified atom stereocenters. The number of hydrogen-bond donors (Lipinski definition) is 0. The number of benzene rings is 2. The first-order valence-corrected chi connectivity index (χ1v) is 8.31. The van der Waals surface area contributed by atoms with Crippen molar-refractivity contribution in [1.82, 2.24) is 0 Å². The molecule has 0 amide bonds. The maximum atomic E-state index is 12.2. The third-order valence-electron chi connectivity index (χ3n) is 2.78. The smallest absolute Gasteiger partial charge is 0.343 e. The van der Waals surface area contributed by atoms with E-state index in [0.717, 1.165) is 14.5 Å². The maximum Gasteiger partial charge on any atom is 0.343 e. The van der Waals surface area contributed by atoms with Gasteiger partial charge in [-0.25, -0.2) is 4.79 Å². The first-order chi connectivity index (χ1) is 9.92. The number of halogens is 3. The number of aryl methyl sites for hydroxylation is 1. The lowest BCUT2D eigenvalue weighted by molar-refractivity contribution is 0.0732. The van der Waals surface area contributed by atoms with Gasteiger partial charge in [0.05, 0.1) is 21.6 Å². The second kappa shape index (κ2) is 6.94. The molecule has 0 N–H and O–H groups in total. The minimum absolute atomic E-state index is 0.426. The summed E-state index contributed by atoms with van der Waals surface area (Å²) in [5.74, 6) is 0.743. The van der Waals surface area contributed by atoms with Gasteiger partial charge in [-0.3, -0.25) is 0 Å². The van der Waals surface area contributed by atoms with Gasteiger partial charge in [-0.15, -0.1) is 0 Å². The van der Waals surface area contributed by atoms with Gasteiger partial charge in [0.1, 0.15) is 11.5 Å². The standard InChI is InChI=1S/C15H11Br3O3/c1-8-5-10(16)7-12(18)14(8)21-15(19)9-3-4-13(20-2)11(17)6-9/h3-7H,1-2H3. The molecular formula is C15H11Br3O3. The Morgan fingerprint density at radius 3 is 2.33 bits per heavy atom. The Kier molecular flexibility index (Phi) is 5.46. The van der Waals surface area contributed by atoms with Gasteiger partial charge in [0.25, 0.3) is 0 Å². The van der Waals surface area contributed by atoms with E-state index in [9.17, 15) is 4.79 Å². The summed E-state index contributed by atoms with van der Waals surface area (Å²) < 4.78 is 12.9. The van der Waals surface area contributed by atoms with E-state index in [4.69, 9.17) is 9.47 Å². The summed E-state index contributed by atoms with van der Waals surface area (Å²) >= 11 is 10.1. The molecule has 0 aliphatic rings. The van der Waals surface area contributed by atoms with Crippen LogP contribution in [0.1, 0.15) is 15.9 Å². The van der Waals surface area contributed by atoms with Crippen LogP contribution in [0.2, 0.25) is 0 Å². The third kappa shape index (κ3) is 3.87. The Bertz CT molecular complexity index is 676. The number of rotatable bonds is 3. The minimum Gasteiger partial charge on any atom is -0.496 e. The fraction of sp³-hybridized carbons (Fsp3) is 0.133. The maximum absolute atomic E-state index is 12.2. The normalized spacial score (nSPS) is 10.3. The third-order valence-corrected chi connectivity index (χ3v) is 4.44. The quantitative estimate of drug-likeness (QED) is 0.431. The minimum atomic E-state index is -0.426. The van der Waals surface area contributed by atoms with E-state index in [-0.39, 0.29) is 0 Å². The van der Waals surface area contributed by atoms with Crippen LogP contribution < -0.4 is 9.47 Å². The Morgan fingerprint density at radius 2 is 1.76 bits per heavy atom.